The number of amides is 1. The lowest BCUT2D eigenvalue weighted by Gasteiger charge is -2.34. The normalized spacial score (nSPS) is 18.8. The zero-order chi connectivity index (χ0) is 14.5. The van der Waals surface area contributed by atoms with E-state index in [1.54, 1.807) is 35.9 Å². The molecule has 0 N–H and O–H groups in total. The van der Waals surface area contributed by atoms with E-state index in [1.165, 1.54) is 0 Å². The molecule has 0 spiro atoms. The highest BCUT2D eigenvalue weighted by Gasteiger charge is 2.23. The molecular formula is C13H17N5OS2. The van der Waals surface area contributed by atoms with Crippen LogP contribution in [-0.2, 0) is 4.79 Å². The van der Waals surface area contributed by atoms with Gasteiger partial charge in [0.1, 0.15) is 4.38 Å². The molecule has 0 atom stereocenters. The summed E-state index contributed by atoms with van der Waals surface area (Å²) < 4.78 is 1.06. The number of nitrogens with zero attached hydrogens (tertiary/aromatic N) is 5. The van der Waals surface area contributed by atoms with Crippen molar-refractivity contribution in [2.45, 2.75) is 0 Å². The van der Waals surface area contributed by atoms with Crippen LogP contribution in [-0.4, -0.2) is 69.4 Å². The first-order valence-electron chi connectivity index (χ1n) is 6.93. The third kappa shape index (κ3) is 3.88. The lowest BCUT2D eigenvalue weighted by atomic mass is 10.3. The summed E-state index contributed by atoms with van der Waals surface area (Å²) in [5.41, 5.74) is 0. The summed E-state index contributed by atoms with van der Waals surface area (Å²) in [6.45, 7) is 3.93. The Hall–Kier alpha value is -1.28. The number of rotatable bonds is 3. The van der Waals surface area contributed by atoms with Crippen molar-refractivity contribution in [1.82, 2.24) is 14.9 Å². The van der Waals surface area contributed by atoms with Gasteiger partial charge in [-0.25, -0.2) is 9.97 Å². The molecule has 1 saturated heterocycles. The Labute approximate surface area is 132 Å². The maximum Gasteiger partial charge on any atom is 0.233 e. The summed E-state index contributed by atoms with van der Waals surface area (Å²) in [6, 6.07) is 1.81. The van der Waals surface area contributed by atoms with Gasteiger partial charge in [0.15, 0.2) is 0 Å². The van der Waals surface area contributed by atoms with Gasteiger partial charge in [0, 0.05) is 44.3 Å². The molecule has 0 bridgehead atoms. The van der Waals surface area contributed by atoms with E-state index in [2.05, 4.69) is 19.9 Å². The number of aromatic nitrogens is 2. The Morgan fingerprint density at radius 3 is 2.67 bits per heavy atom. The van der Waals surface area contributed by atoms with Crippen LogP contribution in [0.5, 0.6) is 0 Å². The molecule has 1 fully saturated rings. The number of piperazine rings is 1. The van der Waals surface area contributed by atoms with Crippen LogP contribution >= 0.6 is 23.5 Å². The minimum atomic E-state index is 0.198. The number of anilines is 1. The zero-order valence-electron chi connectivity index (χ0n) is 11.6. The topological polar surface area (TPSA) is 61.7 Å². The Morgan fingerprint density at radius 1 is 1.24 bits per heavy atom. The first-order valence-corrected chi connectivity index (χ1v) is 8.90. The van der Waals surface area contributed by atoms with Gasteiger partial charge in [-0.05, 0) is 6.07 Å². The molecule has 1 aromatic rings. The minimum Gasteiger partial charge on any atom is -0.338 e. The molecule has 0 aliphatic carbocycles. The molecule has 3 rings (SSSR count). The van der Waals surface area contributed by atoms with E-state index in [0.717, 1.165) is 48.8 Å². The SMILES string of the molecule is O=C(CSC1=NCCS1)N1CCN(c2ncccn2)CC1. The van der Waals surface area contributed by atoms with Gasteiger partial charge in [0.2, 0.25) is 11.9 Å². The molecule has 1 amide bonds. The molecule has 21 heavy (non-hydrogen) atoms. The van der Waals surface area contributed by atoms with Crippen molar-refractivity contribution in [2.24, 2.45) is 4.99 Å². The standard InChI is InChI=1S/C13H17N5OS2/c19-11(10-21-13-16-4-9-20-13)17-5-7-18(8-6-17)12-14-2-1-3-15-12/h1-3H,4-10H2. The van der Waals surface area contributed by atoms with Crippen LogP contribution in [0.3, 0.4) is 0 Å². The van der Waals surface area contributed by atoms with Gasteiger partial charge in [-0.2, -0.15) is 0 Å². The van der Waals surface area contributed by atoms with Crippen molar-refractivity contribution in [1.29, 1.82) is 0 Å². The molecule has 3 heterocycles. The number of aliphatic imine (C=N–C) groups is 1. The summed E-state index contributed by atoms with van der Waals surface area (Å²) in [5, 5.41) is 0. The van der Waals surface area contributed by atoms with Crippen LogP contribution in [0.2, 0.25) is 0 Å². The number of carbonyl (C=O) groups excluding carboxylic acids is 1. The highest BCUT2D eigenvalue weighted by Crippen LogP contribution is 2.22. The van der Waals surface area contributed by atoms with Gasteiger partial charge in [0.25, 0.3) is 0 Å². The van der Waals surface area contributed by atoms with E-state index in [4.69, 9.17) is 0 Å². The first kappa shape index (κ1) is 14.6. The molecule has 6 nitrogen and oxygen atoms in total. The Balaban J connectivity index is 1.45. The van der Waals surface area contributed by atoms with Crippen LogP contribution in [0.4, 0.5) is 5.95 Å². The van der Waals surface area contributed by atoms with E-state index >= 15 is 0 Å². The number of hydrogen-bond donors (Lipinski definition) is 0. The van der Waals surface area contributed by atoms with Crippen molar-refractivity contribution in [3.63, 3.8) is 0 Å². The van der Waals surface area contributed by atoms with Gasteiger partial charge in [-0.3, -0.25) is 9.79 Å². The summed E-state index contributed by atoms with van der Waals surface area (Å²) in [5.74, 6) is 2.49. The molecule has 0 unspecified atom stereocenters. The fourth-order valence-electron chi connectivity index (χ4n) is 2.23. The fourth-order valence-corrected chi connectivity index (χ4v) is 4.14. The molecular weight excluding hydrogens is 306 g/mol. The van der Waals surface area contributed by atoms with Crippen LogP contribution in [0.1, 0.15) is 0 Å². The van der Waals surface area contributed by atoms with Gasteiger partial charge in [0.05, 0.1) is 12.3 Å². The highest BCUT2D eigenvalue weighted by molar-refractivity contribution is 8.39. The minimum absolute atomic E-state index is 0.198. The number of carbonyl (C=O) groups is 1. The van der Waals surface area contributed by atoms with Crippen LogP contribution in [0.25, 0.3) is 0 Å². The second kappa shape index (κ2) is 7.13. The molecule has 1 aromatic heterocycles. The van der Waals surface area contributed by atoms with Gasteiger partial charge < -0.3 is 9.80 Å². The smallest absolute Gasteiger partial charge is 0.233 e. The van der Waals surface area contributed by atoms with Crippen molar-refractivity contribution in [3.05, 3.63) is 18.5 Å². The van der Waals surface area contributed by atoms with E-state index < -0.39 is 0 Å². The number of thioether (sulfide) groups is 2. The molecule has 8 heteroatoms. The van der Waals surface area contributed by atoms with Crippen molar-refractivity contribution in [3.8, 4) is 0 Å². The molecule has 0 radical (unpaired) electrons. The predicted octanol–water partition coefficient (Wildman–Crippen LogP) is 0.961. The van der Waals surface area contributed by atoms with Crippen LogP contribution in [0.15, 0.2) is 23.5 Å². The largest absolute Gasteiger partial charge is 0.338 e. The van der Waals surface area contributed by atoms with Crippen molar-refractivity contribution in [2.75, 3.05) is 49.1 Å². The molecule has 0 saturated carbocycles. The van der Waals surface area contributed by atoms with E-state index in [0.29, 0.717) is 5.75 Å². The third-order valence-electron chi connectivity index (χ3n) is 3.34. The van der Waals surface area contributed by atoms with E-state index in [-0.39, 0.29) is 5.91 Å². The summed E-state index contributed by atoms with van der Waals surface area (Å²) in [4.78, 5) is 29.1. The van der Waals surface area contributed by atoms with Gasteiger partial charge in [-0.15, -0.1) is 0 Å². The van der Waals surface area contributed by atoms with Crippen LogP contribution in [0, 0.1) is 0 Å². The van der Waals surface area contributed by atoms with Crippen molar-refractivity contribution < 1.29 is 4.79 Å². The summed E-state index contributed by atoms with van der Waals surface area (Å²) in [7, 11) is 0. The Morgan fingerprint density at radius 2 is 2.00 bits per heavy atom. The lowest BCUT2D eigenvalue weighted by molar-refractivity contribution is -0.128. The fraction of sp³-hybridized carbons (Fsp3) is 0.538. The Bertz CT molecular complexity index is 517. The average molecular weight is 323 g/mol. The highest BCUT2D eigenvalue weighted by atomic mass is 32.2. The monoisotopic (exact) mass is 323 g/mol. The second-order valence-corrected chi connectivity index (χ2v) is 7.01. The number of hydrogen-bond acceptors (Lipinski definition) is 7. The van der Waals surface area contributed by atoms with E-state index in [9.17, 15) is 4.79 Å². The average Bonchev–Trinajstić information content (AvgIpc) is 3.07. The summed E-state index contributed by atoms with van der Waals surface area (Å²) in [6.07, 6.45) is 3.49. The van der Waals surface area contributed by atoms with Gasteiger partial charge in [-0.1, -0.05) is 23.5 Å². The quantitative estimate of drug-likeness (QED) is 0.826. The molecule has 0 aromatic carbocycles. The Kier molecular flexibility index (Phi) is 4.97. The van der Waals surface area contributed by atoms with Gasteiger partial charge >= 0.3 is 0 Å². The predicted molar refractivity (Wildman–Crippen MR) is 88.0 cm³/mol. The summed E-state index contributed by atoms with van der Waals surface area (Å²) >= 11 is 3.31. The maximum atomic E-state index is 12.2. The molecule has 2 aliphatic rings. The van der Waals surface area contributed by atoms with Crippen molar-refractivity contribution >= 4 is 39.8 Å². The lowest BCUT2D eigenvalue weighted by Crippen LogP contribution is -2.49. The maximum absolute atomic E-state index is 12.2. The zero-order valence-corrected chi connectivity index (χ0v) is 13.3. The molecule has 112 valence electrons. The van der Waals surface area contributed by atoms with Crippen LogP contribution < -0.4 is 4.90 Å². The first-order chi connectivity index (χ1) is 10.3. The third-order valence-corrected chi connectivity index (χ3v) is 5.58. The second-order valence-electron chi connectivity index (χ2n) is 4.70. The van der Waals surface area contributed by atoms with E-state index in [1.807, 2.05) is 11.0 Å². The molecule has 2 aliphatic heterocycles.